The van der Waals surface area contributed by atoms with Crippen molar-refractivity contribution in [2.24, 2.45) is 0 Å². The molecular weight excluding hydrogens is 382 g/mol. The average Bonchev–Trinajstić information content (AvgIpc) is 3.23. The van der Waals surface area contributed by atoms with Gasteiger partial charge in [0.05, 0.1) is 30.4 Å². The maximum absolute atomic E-state index is 12.6. The molecule has 0 atom stereocenters. The SMILES string of the molecule is COCCn1cnc2cc(N3CCN(c4nc5ccccc5o4)CC3)ccc2c1=O. The zero-order valence-corrected chi connectivity index (χ0v) is 16.8. The summed E-state index contributed by atoms with van der Waals surface area (Å²) in [5.74, 6) is 0. The minimum atomic E-state index is -0.0376. The summed E-state index contributed by atoms with van der Waals surface area (Å²) in [4.78, 5) is 26.2. The van der Waals surface area contributed by atoms with Crippen molar-refractivity contribution in [2.75, 3.05) is 49.7 Å². The van der Waals surface area contributed by atoms with Gasteiger partial charge in [-0.1, -0.05) is 12.1 Å². The fourth-order valence-corrected chi connectivity index (χ4v) is 3.84. The summed E-state index contributed by atoms with van der Waals surface area (Å²) in [6, 6.07) is 14.4. The molecule has 0 N–H and O–H groups in total. The number of benzene rings is 2. The van der Waals surface area contributed by atoms with Gasteiger partial charge in [-0.3, -0.25) is 9.36 Å². The lowest BCUT2D eigenvalue weighted by Crippen LogP contribution is -2.46. The van der Waals surface area contributed by atoms with Crippen LogP contribution in [0.25, 0.3) is 22.0 Å². The van der Waals surface area contributed by atoms with E-state index in [1.807, 2.05) is 42.5 Å². The van der Waals surface area contributed by atoms with Gasteiger partial charge in [-0.2, -0.15) is 4.98 Å². The van der Waals surface area contributed by atoms with E-state index in [-0.39, 0.29) is 5.56 Å². The number of hydrogen-bond acceptors (Lipinski definition) is 7. The Bertz CT molecular complexity index is 1210. The molecule has 154 valence electrons. The summed E-state index contributed by atoms with van der Waals surface area (Å²) in [5.41, 5.74) is 3.44. The van der Waals surface area contributed by atoms with E-state index in [0.717, 1.165) is 43.0 Å². The summed E-state index contributed by atoms with van der Waals surface area (Å²) in [7, 11) is 1.62. The standard InChI is InChI=1S/C22H23N5O3/c1-29-13-12-27-15-23-19-14-16(6-7-17(19)21(27)28)25-8-10-26(11-9-25)22-24-18-4-2-3-5-20(18)30-22/h2-7,14-15H,8-13H2,1H3. The Hall–Kier alpha value is -3.39. The van der Waals surface area contributed by atoms with Crippen LogP contribution in [0.5, 0.6) is 0 Å². The molecular formula is C22H23N5O3. The van der Waals surface area contributed by atoms with Gasteiger partial charge < -0.3 is 19.0 Å². The highest BCUT2D eigenvalue weighted by molar-refractivity contribution is 5.81. The molecule has 0 bridgehead atoms. The van der Waals surface area contributed by atoms with E-state index in [4.69, 9.17) is 9.15 Å². The molecule has 4 aromatic rings. The molecule has 0 saturated carbocycles. The summed E-state index contributed by atoms with van der Waals surface area (Å²) in [6.45, 7) is 4.30. The molecule has 30 heavy (non-hydrogen) atoms. The zero-order valence-electron chi connectivity index (χ0n) is 16.8. The van der Waals surface area contributed by atoms with Gasteiger partial charge in [0.15, 0.2) is 5.58 Å². The van der Waals surface area contributed by atoms with Gasteiger partial charge in [0, 0.05) is 39.0 Å². The van der Waals surface area contributed by atoms with E-state index >= 15 is 0 Å². The third kappa shape index (κ3) is 3.39. The van der Waals surface area contributed by atoms with Crippen LogP contribution in [0.15, 0.2) is 58.0 Å². The number of oxazole rings is 1. The number of methoxy groups -OCH3 is 1. The van der Waals surface area contributed by atoms with Crippen LogP contribution in [0.2, 0.25) is 0 Å². The molecule has 1 fully saturated rings. The van der Waals surface area contributed by atoms with Crippen LogP contribution in [0, 0.1) is 0 Å². The predicted octanol–water partition coefficient (Wildman–Crippen LogP) is 2.51. The Kier molecular flexibility index (Phi) is 4.84. The highest BCUT2D eigenvalue weighted by Gasteiger charge is 2.21. The van der Waals surface area contributed by atoms with Gasteiger partial charge in [0.25, 0.3) is 11.6 Å². The Morgan fingerprint density at radius 2 is 1.83 bits per heavy atom. The summed E-state index contributed by atoms with van der Waals surface area (Å²) in [5, 5.41) is 0.627. The van der Waals surface area contributed by atoms with Crippen molar-refractivity contribution in [1.82, 2.24) is 14.5 Å². The summed E-state index contributed by atoms with van der Waals surface area (Å²) in [6.07, 6.45) is 1.60. The van der Waals surface area contributed by atoms with Crippen molar-refractivity contribution >= 4 is 33.7 Å². The largest absolute Gasteiger partial charge is 0.423 e. The molecule has 0 radical (unpaired) electrons. The van der Waals surface area contributed by atoms with Crippen molar-refractivity contribution in [3.63, 3.8) is 0 Å². The molecule has 8 heteroatoms. The van der Waals surface area contributed by atoms with Gasteiger partial charge >= 0.3 is 0 Å². The van der Waals surface area contributed by atoms with Crippen molar-refractivity contribution in [3.8, 4) is 0 Å². The predicted molar refractivity (Wildman–Crippen MR) is 116 cm³/mol. The fourth-order valence-electron chi connectivity index (χ4n) is 3.84. The number of fused-ring (bicyclic) bond motifs is 2. The molecule has 3 heterocycles. The first kappa shape index (κ1) is 18.6. The number of piperazine rings is 1. The van der Waals surface area contributed by atoms with E-state index in [1.54, 1.807) is 18.0 Å². The van der Waals surface area contributed by atoms with E-state index in [2.05, 4.69) is 19.8 Å². The van der Waals surface area contributed by atoms with Crippen molar-refractivity contribution < 1.29 is 9.15 Å². The quantitative estimate of drug-likeness (QED) is 0.505. The lowest BCUT2D eigenvalue weighted by Gasteiger charge is -2.35. The average molecular weight is 405 g/mol. The fraction of sp³-hybridized carbons (Fsp3) is 0.318. The minimum Gasteiger partial charge on any atom is -0.423 e. The van der Waals surface area contributed by atoms with Crippen LogP contribution in [0.3, 0.4) is 0 Å². The van der Waals surface area contributed by atoms with Crippen molar-refractivity contribution in [3.05, 3.63) is 59.1 Å². The molecule has 5 rings (SSSR count). The number of aromatic nitrogens is 3. The molecule has 1 saturated heterocycles. The normalized spacial score (nSPS) is 14.7. The van der Waals surface area contributed by atoms with E-state index in [0.29, 0.717) is 30.1 Å². The second-order valence-corrected chi connectivity index (χ2v) is 7.38. The van der Waals surface area contributed by atoms with Gasteiger partial charge in [-0.15, -0.1) is 0 Å². The van der Waals surface area contributed by atoms with Crippen LogP contribution < -0.4 is 15.4 Å². The lowest BCUT2D eigenvalue weighted by molar-refractivity contribution is 0.186. The maximum atomic E-state index is 12.6. The van der Waals surface area contributed by atoms with Crippen LogP contribution in [-0.2, 0) is 11.3 Å². The van der Waals surface area contributed by atoms with Crippen LogP contribution in [0.1, 0.15) is 0 Å². The summed E-state index contributed by atoms with van der Waals surface area (Å²) >= 11 is 0. The van der Waals surface area contributed by atoms with E-state index in [9.17, 15) is 4.79 Å². The van der Waals surface area contributed by atoms with Gasteiger partial charge in [-0.25, -0.2) is 4.98 Å². The molecule has 2 aromatic heterocycles. The molecule has 0 unspecified atom stereocenters. The number of anilines is 2. The maximum Gasteiger partial charge on any atom is 0.298 e. The monoisotopic (exact) mass is 405 g/mol. The first-order chi connectivity index (χ1) is 14.7. The number of rotatable bonds is 5. The Morgan fingerprint density at radius 1 is 1.03 bits per heavy atom. The highest BCUT2D eigenvalue weighted by Crippen LogP contribution is 2.25. The topological polar surface area (TPSA) is 76.6 Å². The molecule has 1 aliphatic heterocycles. The van der Waals surface area contributed by atoms with E-state index in [1.165, 1.54) is 0 Å². The minimum absolute atomic E-state index is 0.0376. The van der Waals surface area contributed by atoms with Crippen LogP contribution in [0.4, 0.5) is 11.7 Å². The third-order valence-corrected chi connectivity index (χ3v) is 5.54. The van der Waals surface area contributed by atoms with Gasteiger partial charge in [-0.05, 0) is 30.3 Å². The zero-order chi connectivity index (χ0) is 20.5. The Balaban J connectivity index is 1.32. The Morgan fingerprint density at radius 3 is 2.63 bits per heavy atom. The molecule has 1 aliphatic rings. The Labute approximate surface area is 173 Å². The second-order valence-electron chi connectivity index (χ2n) is 7.38. The number of ether oxygens (including phenoxy) is 1. The van der Waals surface area contributed by atoms with Gasteiger partial charge in [0.2, 0.25) is 0 Å². The molecule has 0 amide bonds. The van der Waals surface area contributed by atoms with Gasteiger partial charge in [0.1, 0.15) is 5.52 Å². The number of hydrogen-bond donors (Lipinski definition) is 0. The van der Waals surface area contributed by atoms with Crippen LogP contribution >= 0.6 is 0 Å². The molecule has 0 spiro atoms. The molecule has 0 aliphatic carbocycles. The lowest BCUT2D eigenvalue weighted by atomic mass is 10.2. The van der Waals surface area contributed by atoms with Crippen molar-refractivity contribution in [1.29, 1.82) is 0 Å². The van der Waals surface area contributed by atoms with Crippen LogP contribution in [-0.4, -0.2) is 54.4 Å². The first-order valence-corrected chi connectivity index (χ1v) is 10.1. The second kappa shape index (κ2) is 7.79. The summed E-state index contributed by atoms with van der Waals surface area (Å²) < 4.78 is 12.5. The first-order valence-electron chi connectivity index (χ1n) is 10.1. The molecule has 2 aromatic carbocycles. The van der Waals surface area contributed by atoms with Crippen molar-refractivity contribution in [2.45, 2.75) is 6.54 Å². The highest BCUT2D eigenvalue weighted by atomic mass is 16.5. The third-order valence-electron chi connectivity index (χ3n) is 5.54. The van der Waals surface area contributed by atoms with E-state index < -0.39 is 0 Å². The smallest absolute Gasteiger partial charge is 0.298 e. The number of nitrogens with zero attached hydrogens (tertiary/aromatic N) is 5. The molecule has 8 nitrogen and oxygen atoms in total. The number of para-hydroxylation sites is 2.